The van der Waals surface area contributed by atoms with Crippen molar-refractivity contribution in [1.29, 1.82) is 0 Å². The maximum Gasteiger partial charge on any atom is 0.116 e. The SMILES string of the molecule is Cc1ccc(C)n1NC(C)c1nccs1. The van der Waals surface area contributed by atoms with E-state index >= 15 is 0 Å². The topological polar surface area (TPSA) is 29.9 Å². The average molecular weight is 221 g/mol. The van der Waals surface area contributed by atoms with Gasteiger partial charge in [0, 0.05) is 23.0 Å². The highest BCUT2D eigenvalue weighted by atomic mass is 32.1. The summed E-state index contributed by atoms with van der Waals surface area (Å²) >= 11 is 1.68. The van der Waals surface area contributed by atoms with Crippen molar-refractivity contribution in [3.63, 3.8) is 0 Å². The zero-order valence-electron chi connectivity index (χ0n) is 9.19. The predicted octanol–water partition coefficient (Wildman–Crippen LogP) is 2.87. The van der Waals surface area contributed by atoms with E-state index in [1.165, 1.54) is 11.4 Å². The van der Waals surface area contributed by atoms with Crippen LogP contribution in [-0.4, -0.2) is 9.66 Å². The van der Waals surface area contributed by atoms with Crippen LogP contribution in [0.5, 0.6) is 0 Å². The third kappa shape index (κ3) is 2.04. The smallest absolute Gasteiger partial charge is 0.116 e. The van der Waals surface area contributed by atoms with Crippen molar-refractivity contribution < 1.29 is 0 Å². The van der Waals surface area contributed by atoms with Crippen molar-refractivity contribution in [1.82, 2.24) is 9.66 Å². The van der Waals surface area contributed by atoms with Gasteiger partial charge in [0.05, 0.1) is 6.04 Å². The molecule has 80 valence electrons. The van der Waals surface area contributed by atoms with E-state index in [1.54, 1.807) is 11.3 Å². The summed E-state index contributed by atoms with van der Waals surface area (Å²) in [5.41, 5.74) is 5.86. The van der Waals surface area contributed by atoms with Gasteiger partial charge in [-0.1, -0.05) is 0 Å². The van der Waals surface area contributed by atoms with Crippen LogP contribution in [0.4, 0.5) is 0 Å². The first-order valence-electron chi connectivity index (χ1n) is 4.99. The lowest BCUT2D eigenvalue weighted by molar-refractivity contribution is 0.695. The molecule has 0 spiro atoms. The lowest BCUT2D eigenvalue weighted by atomic mass is 10.4. The molecule has 0 radical (unpaired) electrons. The molecule has 0 aliphatic heterocycles. The zero-order chi connectivity index (χ0) is 10.8. The minimum Gasteiger partial charge on any atom is -0.316 e. The zero-order valence-corrected chi connectivity index (χ0v) is 10.0. The first-order valence-corrected chi connectivity index (χ1v) is 5.87. The van der Waals surface area contributed by atoms with E-state index in [-0.39, 0.29) is 6.04 Å². The van der Waals surface area contributed by atoms with Crippen molar-refractivity contribution in [2.45, 2.75) is 26.8 Å². The molecule has 1 unspecified atom stereocenters. The molecule has 0 aliphatic rings. The highest BCUT2D eigenvalue weighted by Gasteiger charge is 2.09. The second-order valence-corrected chi connectivity index (χ2v) is 4.60. The highest BCUT2D eigenvalue weighted by Crippen LogP contribution is 2.17. The van der Waals surface area contributed by atoms with Crippen LogP contribution < -0.4 is 5.43 Å². The number of aromatic nitrogens is 2. The largest absolute Gasteiger partial charge is 0.316 e. The lowest BCUT2D eigenvalue weighted by Gasteiger charge is -2.17. The van der Waals surface area contributed by atoms with E-state index in [1.807, 2.05) is 11.6 Å². The van der Waals surface area contributed by atoms with Crippen LogP contribution in [0.2, 0.25) is 0 Å². The Kier molecular flexibility index (Phi) is 2.77. The lowest BCUT2D eigenvalue weighted by Crippen LogP contribution is -2.20. The van der Waals surface area contributed by atoms with Crippen LogP contribution in [-0.2, 0) is 0 Å². The Bertz CT molecular complexity index is 411. The van der Waals surface area contributed by atoms with E-state index < -0.39 is 0 Å². The molecule has 2 aromatic heterocycles. The minimum absolute atomic E-state index is 0.245. The van der Waals surface area contributed by atoms with Crippen LogP contribution in [0.1, 0.15) is 29.4 Å². The molecule has 2 heterocycles. The van der Waals surface area contributed by atoms with Crippen LogP contribution in [0.3, 0.4) is 0 Å². The Labute approximate surface area is 93.7 Å². The number of hydrogen-bond acceptors (Lipinski definition) is 3. The van der Waals surface area contributed by atoms with Crippen molar-refractivity contribution in [2.75, 3.05) is 5.43 Å². The Morgan fingerprint density at radius 2 is 2.00 bits per heavy atom. The second kappa shape index (κ2) is 4.06. The Balaban J connectivity index is 2.16. The van der Waals surface area contributed by atoms with E-state index in [4.69, 9.17) is 0 Å². The molecule has 1 atom stereocenters. The van der Waals surface area contributed by atoms with Crippen molar-refractivity contribution in [3.05, 3.63) is 40.1 Å². The first-order chi connectivity index (χ1) is 7.18. The summed E-state index contributed by atoms with van der Waals surface area (Å²) in [7, 11) is 0. The summed E-state index contributed by atoms with van der Waals surface area (Å²) in [4.78, 5) is 4.30. The normalized spacial score (nSPS) is 12.7. The number of nitrogens with zero attached hydrogens (tertiary/aromatic N) is 2. The Morgan fingerprint density at radius 3 is 2.53 bits per heavy atom. The van der Waals surface area contributed by atoms with Crippen LogP contribution in [0.15, 0.2) is 23.7 Å². The second-order valence-electron chi connectivity index (χ2n) is 3.67. The fourth-order valence-electron chi connectivity index (χ4n) is 1.57. The van der Waals surface area contributed by atoms with Crippen molar-refractivity contribution in [3.8, 4) is 0 Å². The fraction of sp³-hybridized carbons (Fsp3) is 0.364. The predicted molar refractivity (Wildman–Crippen MR) is 63.8 cm³/mol. The quantitative estimate of drug-likeness (QED) is 0.863. The van der Waals surface area contributed by atoms with Crippen LogP contribution in [0, 0.1) is 13.8 Å². The number of nitrogens with one attached hydrogen (secondary N) is 1. The minimum atomic E-state index is 0.245. The Hall–Kier alpha value is -1.29. The molecular weight excluding hydrogens is 206 g/mol. The molecule has 0 bridgehead atoms. The molecule has 2 aromatic rings. The number of aryl methyl sites for hydroxylation is 2. The van der Waals surface area contributed by atoms with Crippen LogP contribution >= 0.6 is 11.3 Å². The highest BCUT2D eigenvalue weighted by molar-refractivity contribution is 7.09. The Morgan fingerprint density at radius 1 is 1.33 bits per heavy atom. The van der Waals surface area contributed by atoms with Gasteiger partial charge in [-0.05, 0) is 32.9 Å². The van der Waals surface area contributed by atoms with Gasteiger partial charge in [0.2, 0.25) is 0 Å². The summed E-state index contributed by atoms with van der Waals surface area (Å²) in [6, 6.07) is 4.46. The van der Waals surface area contributed by atoms with Gasteiger partial charge in [0.1, 0.15) is 5.01 Å². The van der Waals surface area contributed by atoms with Gasteiger partial charge in [-0.3, -0.25) is 4.68 Å². The summed E-state index contributed by atoms with van der Waals surface area (Å²) in [5.74, 6) is 0. The summed E-state index contributed by atoms with van der Waals surface area (Å²) in [6.07, 6.45) is 1.84. The molecule has 4 heteroatoms. The number of rotatable bonds is 3. The molecule has 0 saturated heterocycles. The molecule has 0 aromatic carbocycles. The molecule has 2 rings (SSSR count). The maximum atomic E-state index is 4.30. The molecule has 0 aliphatic carbocycles. The molecule has 0 amide bonds. The maximum absolute atomic E-state index is 4.30. The number of thiazole rings is 1. The van der Waals surface area contributed by atoms with E-state index in [0.29, 0.717) is 0 Å². The van der Waals surface area contributed by atoms with Gasteiger partial charge in [-0.15, -0.1) is 11.3 Å². The van der Waals surface area contributed by atoms with Crippen molar-refractivity contribution >= 4 is 11.3 Å². The van der Waals surface area contributed by atoms with Crippen LogP contribution in [0.25, 0.3) is 0 Å². The third-order valence-electron chi connectivity index (χ3n) is 2.42. The molecule has 15 heavy (non-hydrogen) atoms. The molecule has 3 nitrogen and oxygen atoms in total. The first kappa shape index (κ1) is 10.2. The van der Waals surface area contributed by atoms with Crippen molar-refractivity contribution in [2.24, 2.45) is 0 Å². The number of hydrogen-bond donors (Lipinski definition) is 1. The summed E-state index contributed by atoms with van der Waals surface area (Å²) < 4.78 is 2.10. The van der Waals surface area contributed by atoms with Gasteiger partial charge in [-0.2, -0.15) is 0 Å². The standard InChI is InChI=1S/C11H15N3S/c1-8-4-5-9(2)14(8)13-10(3)11-12-6-7-15-11/h4-7,10,13H,1-3H3. The fourth-order valence-corrected chi connectivity index (χ4v) is 2.21. The van der Waals surface area contributed by atoms with Gasteiger partial charge in [0.15, 0.2) is 0 Å². The monoisotopic (exact) mass is 221 g/mol. The van der Waals surface area contributed by atoms with Gasteiger partial charge in [0.25, 0.3) is 0 Å². The molecule has 0 fully saturated rings. The van der Waals surface area contributed by atoms with Gasteiger partial charge in [-0.25, -0.2) is 4.98 Å². The van der Waals surface area contributed by atoms with Gasteiger partial charge < -0.3 is 5.43 Å². The summed E-state index contributed by atoms with van der Waals surface area (Å²) in [6.45, 7) is 6.31. The molecular formula is C11H15N3S. The summed E-state index contributed by atoms with van der Waals surface area (Å²) in [5, 5.41) is 3.12. The third-order valence-corrected chi connectivity index (χ3v) is 3.37. The van der Waals surface area contributed by atoms with E-state index in [9.17, 15) is 0 Å². The van der Waals surface area contributed by atoms with E-state index in [2.05, 4.69) is 48.0 Å². The molecule has 1 N–H and O–H groups in total. The average Bonchev–Trinajstić information content (AvgIpc) is 2.82. The molecule has 0 saturated carbocycles. The van der Waals surface area contributed by atoms with E-state index in [0.717, 1.165) is 5.01 Å². The van der Waals surface area contributed by atoms with Gasteiger partial charge >= 0.3 is 0 Å².